The third-order valence-electron chi connectivity index (χ3n) is 4.60. The Kier molecular flexibility index (Phi) is 2.18. The molecule has 0 spiro atoms. The summed E-state index contributed by atoms with van der Waals surface area (Å²) in [4.78, 5) is 14.3. The average Bonchev–Trinajstić information content (AvgIpc) is 2.69. The largest absolute Gasteiger partial charge is 0.284 e. The lowest BCUT2D eigenvalue weighted by Gasteiger charge is -2.28. The first-order chi connectivity index (χ1) is 9.60. The summed E-state index contributed by atoms with van der Waals surface area (Å²) in [7, 11) is 0. The van der Waals surface area contributed by atoms with Crippen LogP contribution in [-0.4, -0.2) is 5.91 Å². The molecule has 2 heteroatoms. The van der Waals surface area contributed by atoms with Crippen LogP contribution in [0.15, 0.2) is 48.2 Å². The molecule has 0 radical (unpaired) electrons. The average molecular weight is 263 g/mol. The van der Waals surface area contributed by atoms with Gasteiger partial charge in [-0.1, -0.05) is 50.3 Å². The predicted octanol–water partition coefficient (Wildman–Crippen LogP) is 4.14. The Labute approximate surface area is 118 Å². The maximum atomic E-state index is 12.3. The molecule has 0 fully saturated rings. The van der Waals surface area contributed by atoms with E-state index in [0.29, 0.717) is 6.42 Å². The third kappa shape index (κ3) is 1.31. The maximum absolute atomic E-state index is 12.3. The molecular weight excluding hydrogens is 246 g/mol. The van der Waals surface area contributed by atoms with Crippen LogP contribution in [0.4, 0.5) is 5.69 Å². The first-order valence-electron chi connectivity index (χ1n) is 7.16. The van der Waals surface area contributed by atoms with Crippen molar-refractivity contribution in [3.05, 3.63) is 53.7 Å². The van der Waals surface area contributed by atoms with E-state index in [2.05, 4.69) is 56.3 Å². The SMILES string of the molecule is CC1(C)C2=CCCC(=O)N2c2ccc3ccccc3c21. The molecule has 2 nitrogen and oxygen atoms in total. The number of nitrogens with zero attached hydrogens (tertiary/aromatic N) is 1. The van der Waals surface area contributed by atoms with Crippen LogP contribution in [0, 0.1) is 0 Å². The number of benzene rings is 2. The number of carbonyl (C=O) groups excluding carboxylic acids is 1. The number of hydrogen-bond acceptors (Lipinski definition) is 1. The molecule has 0 bridgehead atoms. The number of anilines is 1. The van der Waals surface area contributed by atoms with Crippen molar-refractivity contribution in [2.24, 2.45) is 0 Å². The fourth-order valence-electron chi connectivity index (χ4n) is 3.70. The Bertz CT molecular complexity index is 770. The second kappa shape index (κ2) is 3.72. The van der Waals surface area contributed by atoms with Gasteiger partial charge in [-0.15, -0.1) is 0 Å². The highest BCUT2D eigenvalue weighted by Gasteiger charge is 2.44. The summed E-state index contributed by atoms with van der Waals surface area (Å²) in [6.45, 7) is 4.45. The van der Waals surface area contributed by atoms with Gasteiger partial charge in [-0.25, -0.2) is 0 Å². The molecule has 1 amide bonds. The number of rotatable bonds is 0. The van der Waals surface area contributed by atoms with Gasteiger partial charge in [0.25, 0.3) is 0 Å². The van der Waals surface area contributed by atoms with Crippen molar-refractivity contribution in [1.82, 2.24) is 0 Å². The van der Waals surface area contributed by atoms with E-state index >= 15 is 0 Å². The van der Waals surface area contributed by atoms with Gasteiger partial charge in [0.15, 0.2) is 0 Å². The Hall–Kier alpha value is -2.09. The molecule has 0 saturated carbocycles. The van der Waals surface area contributed by atoms with Crippen molar-refractivity contribution in [1.29, 1.82) is 0 Å². The standard InChI is InChI=1S/C18H17NO/c1-18(2)15-8-5-9-16(20)19(15)14-11-10-12-6-3-4-7-13(12)17(14)18/h3-4,6-8,10-11H,5,9H2,1-2H3. The van der Waals surface area contributed by atoms with Gasteiger partial charge in [0, 0.05) is 17.5 Å². The van der Waals surface area contributed by atoms with Crippen LogP contribution in [0.1, 0.15) is 32.3 Å². The van der Waals surface area contributed by atoms with Crippen LogP contribution in [0.5, 0.6) is 0 Å². The molecule has 2 aliphatic heterocycles. The van der Waals surface area contributed by atoms with Crippen LogP contribution in [0.25, 0.3) is 10.8 Å². The van der Waals surface area contributed by atoms with Crippen LogP contribution >= 0.6 is 0 Å². The molecule has 0 aromatic heterocycles. The normalized spacial score (nSPS) is 19.8. The second-order valence-electron chi connectivity index (χ2n) is 6.16. The molecule has 20 heavy (non-hydrogen) atoms. The highest BCUT2D eigenvalue weighted by molar-refractivity contribution is 6.06. The fourth-order valence-corrected chi connectivity index (χ4v) is 3.70. The van der Waals surface area contributed by atoms with Crippen LogP contribution in [0.2, 0.25) is 0 Å². The molecule has 4 rings (SSSR count). The minimum Gasteiger partial charge on any atom is -0.284 e. The van der Waals surface area contributed by atoms with Gasteiger partial charge in [0.2, 0.25) is 5.91 Å². The number of fused-ring (bicyclic) bond motifs is 5. The molecule has 0 aliphatic carbocycles. The van der Waals surface area contributed by atoms with Crippen molar-refractivity contribution >= 4 is 22.4 Å². The zero-order valence-corrected chi connectivity index (χ0v) is 11.8. The van der Waals surface area contributed by atoms with Gasteiger partial charge in [-0.3, -0.25) is 9.69 Å². The number of hydrogen-bond donors (Lipinski definition) is 0. The Balaban J connectivity index is 2.12. The number of allylic oxidation sites excluding steroid dienone is 2. The third-order valence-corrected chi connectivity index (χ3v) is 4.60. The first kappa shape index (κ1) is 11.7. The molecular formula is C18H17NO. The first-order valence-corrected chi connectivity index (χ1v) is 7.16. The van der Waals surface area contributed by atoms with Gasteiger partial charge in [-0.05, 0) is 28.8 Å². The summed E-state index contributed by atoms with van der Waals surface area (Å²) in [5, 5.41) is 2.50. The summed E-state index contributed by atoms with van der Waals surface area (Å²) in [5.41, 5.74) is 3.41. The summed E-state index contributed by atoms with van der Waals surface area (Å²) >= 11 is 0. The van der Waals surface area contributed by atoms with Gasteiger partial charge in [-0.2, -0.15) is 0 Å². The Morgan fingerprint density at radius 1 is 1.10 bits per heavy atom. The fraction of sp³-hybridized carbons (Fsp3) is 0.278. The van der Waals surface area contributed by atoms with Crippen molar-refractivity contribution in [2.45, 2.75) is 32.1 Å². The van der Waals surface area contributed by atoms with Gasteiger partial charge in [0.1, 0.15) is 0 Å². The number of carbonyl (C=O) groups is 1. The zero-order chi connectivity index (χ0) is 13.9. The van der Waals surface area contributed by atoms with Crippen molar-refractivity contribution in [3.63, 3.8) is 0 Å². The summed E-state index contributed by atoms with van der Waals surface area (Å²) < 4.78 is 0. The lowest BCUT2D eigenvalue weighted by atomic mass is 9.80. The van der Waals surface area contributed by atoms with Crippen LogP contribution in [0.3, 0.4) is 0 Å². The number of amides is 1. The van der Waals surface area contributed by atoms with Gasteiger partial charge in [0.05, 0.1) is 5.69 Å². The van der Waals surface area contributed by atoms with Gasteiger partial charge >= 0.3 is 0 Å². The summed E-state index contributed by atoms with van der Waals surface area (Å²) in [5.74, 6) is 0.226. The minimum absolute atomic E-state index is 0.105. The van der Waals surface area contributed by atoms with Gasteiger partial charge < -0.3 is 0 Å². The molecule has 100 valence electrons. The van der Waals surface area contributed by atoms with E-state index < -0.39 is 0 Å². The Morgan fingerprint density at radius 3 is 2.75 bits per heavy atom. The van der Waals surface area contributed by atoms with Crippen molar-refractivity contribution in [3.8, 4) is 0 Å². The van der Waals surface area contributed by atoms with Crippen molar-refractivity contribution in [2.75, 3.05) is 4.90 Å². The van der Waals surface area contributed by atoms with E-state index in [-0.39, 0.29) is 11.3 Å². The van der Waals surface area contributed by atoms with Crippen LogP contribution in [-0.2, 0) is 10.2 Å². The molecule has 0 saturated heterocycles. The van der Waals surface area contributed by atoms with E-state index in [1.807, 2.05) is 4.90 Å². The van der Waals surface area contributed by atoms with E-state index in [0.717, 1.165) is 17.8 Å². The molecule has 0 N–H and O–H groups in total. The molecule has 2 aliphatic rings. The minimum atomic E-state index is -0.105. The highest BCUT2D eigenvalue weighted by atomic mass is 16.2. The monoisotopic (exact) mass is 263 g/mol. The zero-order valence-electron chi connectivity index (χ0n) is 11.8. The summed E-state index contributed by atoms with van der Waals surface area (Å²) in [6, 6.07) is 12.7. The topological polar surface area (TPSA) is 20.3 Å². The molecule has 2 aromatic carbocycles. The molecule has 2 aromatic rings. The predicted molar refractivity (Wildman–Crippen MR) is 81.8 cm³/mol. The Morgan fingerprint density at radius 2 is 1.90 bits per heavy atom. The lowest BCUT2D eigenvalue weighted by Crippen LogP contribution is -2.34. The lowest BCUT2D eigenvalue weighted by molar-refractivity contribution is -0.118. The second-order valence-corrected chi connectivity index (χ2v) is 6.16. The molecule has 0 unspecified atom stereocenters. The quantitative estimate of drug-likeness (QED) is 0.699. The van der Waals surface area contributed by atoms with Crippen LogP contribution < -0.4 is 4.90 Å². The van der Waals surface area contributed by atoms with E-state index in [9.17, 15) is 4.79 Å². The van der Waals surface area contributed by atoms with Crippen molar-refractivity contribution < 1.29 is 4.79 Å². The molecule has 0 atom stereocenters. The smallest absolute Gasteiger partial charge is 0.231 e. The highest BCUT2D eigenvalue weighted by Crippen LogP contribution is 2.51. The van der Waals surface area contributed by atoms with E-state index in [1.54, 1.807) is 0 Å². The summed E-state index contributed by atoms with van der Waals surface area (Å²) in [6.07, 6.45) is 3.71. The van der Waals surface area contributed by atoms with E-state index in [4.69, 9.17) is 0 Å². The van der Waals surface area contributed by atoms with E-state index in [1.165, 1.54) is 16.3 Å². The molecule has 2 heterocycles. The maximum Gasteiger partial charge on any atom is 0.231 e.